The third-order valence-corrected chi connectivity index (χ3v) is 7.05. The van der Waals surface area contributed by atoms with E-state index < -0.39 is 0 Å². The third-order valence-electron chi connectivity index (χ3n) is 4.88. The topological polar surface area (TPSA) is 47.2 Å². The first-order valence-electron chi connectivity index (χ1n) is 9.45. The smallest absolute Gasteiger partial charge is 0.280 e. The van der Waals surface area contributed by atoms with Gasteiger partial charge in [-0.1, -0.05) is 47.2 Å². The minimum absolute atomic E-state index is 0.272. The predicted molar refractivity (Wildman–Crippen MR) is 125 cm³/mol. The zero-order valence-corrected chi connectivity index (χ0v) is 18.4. The number of amides is 1. The quantitative estimate of drug-likeness (QED) is 0.320. The Kier molecular flexibility index (Phi) is 4.98. The Bertz CT molecular complexity index is 1470. The maximum absolute atomic E-state index is 13.3. The Morgan fingerprint density at radius 2 is 2.00 bits per heavy atom. The number of thiazole rings is 1. The number of hydrogen-bond donors (Lipinski definition) is 0. The lowest BCUT2D eigenvalue weighted by Crippen LogP contribution is -2.16. The summed E-state index contributed by atoms with van der Waals surface area (Å²) in [6, 6.07) is 19.3. The summed E-state index contributed by atoms with van der Waals surface area (Å²) in [5, 5.41) is 3.48. The second kappa shape index (κ2) is 7.80. The largest absolute Gasteiger partial charge is 0.317 e. The molecule has 5 aromatic rings. The molecule has 4 nitrogen and oxygen atoms in total. The van der Waals surface area contributed by atoms with Crippen LogP contribution in [0.25, 0.3) is 31.7 Å². The normalized spacial score (nSPS) is 12.1. The summed E-state index contributed by atoms with van der Waals surface area (Å²) < 4.78 is 3.05. The van der Waals surface area contributed by atoms with E-state index in [1.165, 1.54) is 11.3 Å². The number of aryl methyl sites for hydroxylation is 1. The molecule has 0 aliphatic carbocycles. The van der Waals surface area contributed by atoms with E-state index in [4.69, 9.17) is 16.6 Å². The van der Waals surface area contributed by atoms with E-state index in [2.05, 4.69) is 4.99 Å². The number of benzene rings is 2. The first-order valence-corrected chi connectivity index (χ1v) is 11.5. The Balaban J connectivity index is 1.71. The van der Waals surface area contributed by atoms with Gasteiger partial charge in [-0.15, -0.1) is 11.3 Å². The number of carbonyl (C=O) groups excluding carboxylic acids is 1. The van der Waals surface area contributed by atoms with E-state index in [1.807, 2.05) is 77.5 Å². The minimum atomic E-state index is -0.272. The Labute approximate surface area is 185 Å². The molecule has 7 heteroatoms. The van der Waals surface area contributed by atoms with E-state index in [0.717, 1.165) is 31.7 Å². The van der Waals surface area contributed by atoms with Gasteiger partial charge in [0, 0.05) is 17.0 Å². The molecule has 5 rings (SSSR count). The van der Waals surface area contributed by atoms with Crippen molar-refractivity contribution in [2.24, 2.45) is 4.99 Å². The lowest BCUT2D eigenvalue weighted by molar-refractivity contribution is 0.0999. The highest BCUT2D eigenvalue weighted by atomic mass is 35.5. The van der Waals surface area contributed by atoms with Crippen LogP contribution in [0.4, 0.5) is 0 Å². The van der Waals surface area contributed by atoms with Crippen molar-refractivity contribution >= 4 is 61.3 Å². The SMILES string of the molecule is CCn1c(=NC(=O)c2cc(-c3cccs3)nc3ccccc23)sc2cc(Cl)ccc21. The maximum Gasteiger partial charge on any atom is 0.280 e. The van der Waals surface area contributed by atoms with Gasteiger partial charge in [0.2, 0.25) is 0 Å². The van der Waals surface area contributed by atoms with Crippen molar-refractivity contribution in [3.8, 4) is 10.6 Å². The minimum Gasteiger partial charge on any atom is -0.317 e. The number of hydrogen-bond acceptors (Lipinski definition) is 4. The zero-order valence-electron chi connectivity index (χ0n) is 16.0. The monoisotopic (exact) mass is 449 g/mol. The van der Waals surface area contributed by atoms with Gasteiger partial charge in [0.25, 0.3) is 5.91 Å². The molecule has 0 N–H and O–H groups in total. The molecule has 0 radical (unpaired) electrons. The van der Waals surface area contributed by atoms with E-state index in [-0.39, 0.29) is 5.91 Å². The molecular weight excluding hydrogens is 434 g/mol. The van der Waals surface area contributed by atoms with E-state index in [1.54, 1.807) is 11.3 Å². The molecule has 0 spiro atoms. The van der Waals surface area contributed by atoms with Gasteiger partial charge in [-0.2, -0.15) is 4.99 Å². The first kappa shape index (κ1) is 19.2. The number of rotatable bonds is 3. The Morgan fingerprint density at radius 3 is 2.80 bits per heavy atom. The van der Waals surface area contributed by atoms with Crippen LogP contribution in [0, 0.1) is 0 Å². The molecule has 0 aliphatic heterocycles. The van der Waals surface area contributed by atoms with Crippen LogP contribution in [0.5, 0.6) is 0 Å². The van der Waals surface area contributed by atoms with E-state index in [0.29, 0.717) is 21.9 Å². The highest BCUT2D eigenvalue weighted by Crippen LogP contribution is 2.28. The van der Waals surface area contributed by atoms with E-state index >= 15 is 0 Å². The van der Waals surface area contributed by atoms with Crippen LogP contribution in [0.15, 0.2) is 71.0 Å². The van der Waals surface area contributed by atoms with Crippen LogP contribution >= 0.6 is 34.3 Å². The number of fused-ring (bicyclic) bond motifs is 2. The van der Waals surface area contributed by atoms with Gasteiger partial charge in [0.05, 0.1) is 31.9 Å². The van der Waals surface area contributed by atoms with Crippen molar-refractivity contribution in [2.75, 3.05) is 0 Å². The van der Waals surface area contributed by atoms with Crippen molar-refractivity contribution < 1.29 is 4.79 Å². The van der Waals surface area contributed by atoms with Gasteiger partial charge >= 0.3 is 0 Å². The molecule has 30 heavy (non-hydrogen) atoms. The molecule has 2 aromatic carbocycles. The summed E-state index contributed by atoms with van der Waals surface area (Å²) in [5.41, 5.74) is 3.15. The standard InChI is InChI=1S/C23H16ClN3OS2/c1-2-27-19-10-9-14(24)12-21(19)30-23(27)26-22(28)16-13-18(20-8-5-11-29-20)25-17-7-4-3-6-15(16)17/h3-13H,2H2,1H3. The molecule has 0 atom stereocenters. The van der Waals surface area contributed by atoms with Crippen LogP contribution in [0.2, 0.25) is 5.02 Å². The fraction of sp³-hybridized carbons (Fsp3) is 0.0870. The second-order valence-corrected chi connectivity index (χ2v) is 9.10. The number of aromatic nitrogens is 2. The van der Waals surface area contributed by atoms with Gasteiger partial charge in [-0.05, 0) is 48.7 Å². The molecule has 0 unspecified atom stereocenters. The summed E-state index contributed by atoms with van der Waals surface area (Å²) in [6.45, 7) is 2.76. The lowest BCUT2D eigenvalue weighted by atomic mass is 10.1. The van der Waals surface area contributed by atoms with Gasteiger partial charge < -0.3 is 4.57 Å². The van der Waals surface area contributed by atoms with Crippen LogP contribution in [0.3, 0.4) is 0 Å². The highest BCUT2D eigenvalue weighted by Gasteiger charge is 2.15. The predicted octanol–water partition coefficient (Wildman–Crippen LogP) is 6.39. The third kappa shape index (κ3) is 3.37. The Morgan fingerprint density at radius 1 is 1.13 bits per heavy atom. The average Bonchev–Trinajstić information content (AvgIpc) is 3.40. The van der Waals surface area contributed by atoms with Crippen molar-refractivity contribution in [1.29, 1.82) is 0 Å². The number of pyridine rings is 1. The molecule has 148 valence electrons. The summed E-state index contributed by atoms with van der Waals surface area (Å²) >= 11 is 9.22. The second-order valence-electron chi connectivity index (χ2n) is 6.71. The molecular formula is C23H16ClN3OS2. The fourth-order valence-corrected chi connectivity index (χ4v) is 5.54. The van der Waals surface area contributed by atoms with Crippen LogP contribution in [-0.4, -0.2) is 15.5 Å². The van der Waals surface area contributed by atoms with Crippen LogP contribution < -0.4 is 4.80 Å². The molecule has 1 amide bonds. The maximum atomic E-state index is 13.3. The zero-order chi connectivity index (χ0) is 20.7. The number of para-hydroxylation sites is 1. The van der Waals surface area contributed by atoms with Crippen molar-refractivity contribution in [3.63, 3.8) is 0 Å². The lowest BCUT2D eigenvalue weighted by Gasteiger charge is -2.06. The molecule has 0 bridgehead atoms. The molecule has 0 fully saturated rings. The average molecular weight is 450 g/mol. The Hall–Kier alpha value is -2.80. The highest BCUT2D eigenvalue weighted by molar-refractivity contribution is 7.16. The number of carbonyl (C=O) groups is 1. The molecule has 3 aromatic heterocycles. The van der Waals surface area contributed by atoms with Gasteiger partial charge in [-0.3, -0.25) is 4.79 Å². The van der Waals surface area contributed by atoms with Crippen LogP contribution in [0.1, 0.15) is 17.3 Å². The summed E-state index contributed by atoms with van der Waals surface area (Å²) in [4.78, 5) is 24.3. The van der Waals surface area contributed by atoms with Crippen molar-refractivity contribution in [3.05, 3.63) is 81.4 Å². The first-order chi connectivity index (χ1) is 14.6. The molecule has 3 heterocycles. The summed E-state index contributed by atoms with van der Waals surface area (Å²) in [6.07, 6.45) is 0. The van der Waals surface area contributed by atoms with Gasteiger partial charge in [0.15, 0.2) is 4.80 Å². The summed E-state index contributed by atoms with van der Waals surface area (Å²) in [5.74, 6) is -0.272. The van der Waals surface area contributed by atoms with Crippen molar-refractivity contribution in [2.45, 2.75) is 13.5 Å². The summed E-state index contributed by atoms with van der Waals surface area (Å²) in [7, 11) is 0. The molecule has 0 saturated carbocycles. The molecule has 0 aliphatic rings. The molecule has 0 saturated heterocycles. The fourth-order valence-electron chi connectivity index (χ4n) is 3.49. The van der Waals surface area contributed by atoms with Gasteiger partial charge in [-0.25, -0.2) is 4.98 Å². The van der Waals surface area contributed by atoms with Crippen LogP contribution in [-0.2, 0) is 6.54 Å². The number of halogens is 1. The van der Waals surface area contributed by atoms with E-state index in [9.17, 15) is 4.79 Å². The van der Waals surface area contributed by atoms with Gasteiger partial charge in [0.1, 0.15) is 0 Å². The number of thiophene rings is 1. The van der Waals surface area contributed by atoms with Crippen molar-refractivity contribution in [1.82, 2.24) is 9.55 Å². The number of nitrogens with zero attached hydrogens (tertiary/aromatic N) is 3.